The molecular weight excluding hydrogens is 298 g/mol. The Labute approximate surface area is 125 Å². The number of hydrogen-bond acceptors (Lipinski definition) is 5. The quantitative estimate of drug-likeness (QED) is 0.672. The van der Waals surface area contributed by atoms with Crippen molar-refractivity contribution >= 4 is 28.6 Å². The molecule has 20 heavy (non-hydrogen) atoms. The molecule has 1 N–H and O–H groups in total. The Hall–Kier alpha value is -1.50. The molecule has 0 bridgehead atoms. The van der Waals surface area contributed by atoms with Crippen LogP contribution in [0.25, 0.3) is 0 Å². The van der Waals surface area contributed by atoms with Crippen molar-refractivity contribution in [3.05, 3.63) is 55.0 Å². The molecule has 1 aromatic heterocycles. The van der Waals surface area contributed by atoms with E-state index < -0.39 is 4.92 Å². The molecule has 0 fully saturated rings. The number of aromatic nitrogens is 1. The highest BCUT2D eigenvalue weighted by atomic mass is 35.5. The predicted octanol–water partition coefficient (Wildman–Crippen LogP) is 3.86. The van der Waals surface area contributed by atoms with Gasteiger partial charge in [0.05, 0.1) is 21.6 Å². The van der Waals surface area contributed by atoms with Gasteiger partial charge in [0.15, 0.2) is 0 Å². The first-order chi connectivity index (χ1) is 9.49. The van der Waals surface area contributed by atoms with Crippen LogP contribution < -0.4 is 5.32 Å². The number of thiazole rings is 1. The van der Waals surface area contributed by atoms with Crippen LogP contribution in [0.3, 0.4) is 0 Å². The zero-order valence-electron chi connectivity index (χ0n) is 11.1. The molecule has 7 heteroatoms. The summed E-state index contributed by atoms with van der Waals surface area (Å²) in [5, 5.41) is 17.6. The molecule has 0 radical (unpaired) electrons. The summed E-state index contributed by atoms with van der Waals surface area (Å²) in [6.07, 6.45) is 0. The van der Waals surface area contributed by atoms with Crippen LogP contribution >= 0.6 is 22.9 Å². The molecular formula is C13H14ClN3O2S. The smallest absolute Gasteiger partial charge is 0.275 e. The van der Waals surface area contributed by atoms with Crippen molar-refractivity contribution in [3.8, 4) is 0 Å². The number of benzene rings is 1. The van der Waals surface area contributed by atoms with Crippen LogP contribution in [-0.2, 0) is 6.54 Å². The van der Waals surface area contributed by atoms with E-state index in [-0.39, 0.29) is 11.7 Å². The molecule has 106 valence electrons. The summed E-state index contributed by atoms with van der Waals surface area (Å²) in [7, 11) is 0. The van der Waals surface area contributed by atoms with Crippen LogP contribution in [-0.4, -0.2) is 9.91 Å². The fourth-order valence-corrected chi connectivity index (χ4v) is 2.87. The van der Waals surface area contributed by atoms with Gasteiger partial charge < -0.3 is 5.32 Å². The second-order valence-electron chi connectivity index (χ2n) is 4.42. The molecule has 5 nitrogen and oxygen atoms in total. The van der Waals surface area contributed by atoms with E-state index in [0.29, 0.717) is 17.1 Å². The Morgan fingerprint density at radius 1 is 1.55 bits per heavy atom. The van der Waals surface area contributed by atoms with Crippen molar-refractivity contribution in [1.82, 2.24) is 10.3 Å². The molecule has 0 spiro atoms. The fourth-order valence-electron chi connectivity index (χ4n) is 1.81. The van der Waals surface area contributed by atoms with Gasteiger partial charge in [-0.05, 0) is 19.9 Å². The first-order valence-electron chi connectivity index (χ1n) is 6.06. The number of aryl methyl sites for hydroxylation is 1. The minimum Gasteiger partial charge on any atom is -0.304 e. The van der Waals surface area contributed by atoms with Crippen molar-refractivity contribution in [1.29, 1.82) is 0 Å². The normalized spacial score (nSPS) is 12.3. The van der Waals surface area contributed by atoms with Crippen LogP contribution in [0.15, 0.2) is 23.6 Å². The molecule has 1 aromatic carbocycles. The third-order valence-corrected chi connectivity index (χ3v) is 4.38. The van der Waals surface area contributed by atoms with Crippen LogP contribution in [0.1, 0.15) is 29.2 Å². The van der Waals surface area contributed by atoms with E-state index in [9.17, 15) is 10.1 Å². The van der Waals surface area contributed by atoms with E-state index >= 15 is 0 Å². The van der Waals surface area contributed by atoms with Gasteiger partial charge in [-0.2, -0.15) is 0 Å². The highest BCUT2D eigenvalue weighted by molar-refractivity contribution is 7.09. The monoisotopic (exact) mass is 311 g/mol. The lowest BCUT2D eigenvalue weighted by atomic mass is 10.1. The molecule has 1 atom stereocenters. The van der Waals surface area contributed by atoms with Crippen molar-refractivity contribution in [2.24, 2.45) is 0 Å². The summed E-state index contributed by atoms with van der Waals surface area (Å²) in [4.78, 5) is 15.0. The Bertz CT molecular complexity index is 630. The second-order valence-corrected chi connectivity index (χ2v) is 5.72. The topological polar surface area (TPSA) is 68.1 Å². The highest BCUT2D eigenvalue weighted by Crippen LogP contribution is 2.27. The number of halogens is 1. The maximum absolute atomic E-state index is 11.0. The standard InChI is InChI=1S/C13H14ClN3O2S/c1-8-7-20-13(16-8)9(2)15-6-10-11(14)4-3-5-12(10)17(18)19/h3-5,7,9,15H,6H2,1-2H3. The SMILES string of the molecule is Cc1csc(C(C)NCc2c(Cl)cccc2[N+](=O)[O-])n1. The number of nitro groups is 1. The number of nitro benzene ring substituents is 1. The van der Waals surface area contributed by atoms with Crippen LogP contribution in [0.5, 0.6) is 0 Å². The summed E-state index contributed by atoms with van der Waals surface area (Å²) >= 11 is 7.62. The summed E-state index contributed by atoms with van der Waals surface area (Å²) in [6.45, 7) is 4.24. The summed E-state index contributed by atoms with van der Waals surface area (Å²) in [5.74, 6) is 0. The summed E-state index contributed by atoms with van der Waals surface area (Å²) < 4.78 is 0. The Balaban J connectivity index is 2.13. The van der Waals surface area contributed by atoms with Gasteiger partial charge in [0.25, 0.3) is 5.69 Å². The van der Waals surface area contributed by atoms with E-state index in [1.165, 1.54) is 6.07 Å². The fraction of sp³-hybridized carbons (Fsp3) is 0.308. The van der Waals surface area contributed by atoms with Gasteiger partial charge in [-0.25, -0.2) is 4.98 Å². The van der Waals surface area contributed by atoms with Crippen LogP contribution in [0.2, 0.25) is 5.02 Å². The van der Waals surface area contributed by atoms with E-state index in [4.69, 9.17) is 11.6 Å². The van der Waals surface area contributed by atoms with Gasteiger partial charge in [0.1, 0.15) is 5.01 Å². The number of rotatable bonds is 5. The number of hydrogen-bond donors (Lipinski definition) is 1. The molecule has 1 unspecified atom stereocenters. The number of nitrogens with one attached hydrogen (secondary N) is 1. The summed E-state index contributed by atoms with van der Waals surface area (Å²) in [5.41, 5.74) is 1.51. The first-order valence-corrected chi connectivity index (χ1v) is 7.32. The van der Waals surface area contributed by atoms with E-state index in [0.717, 1.165) is 10.7 Å². The van der Waals surface area contributed by atoms with Crippen LogP contribution in [0.4, 0.5) is 5.69 Å². The van der Waals surface area contributed by atoms with Crippen molar-refractivity contribution in [2.75, 3.05) is 0 Å². The van der Waals surface area contributed by atoms with Gasteiger partial charge in [-0.15, -0.1) is 11.3 Å². The van der Waals surface area contributed by atoms with Crippen molar-refractivity contribution in [3.63, 3.8) is 0 Å². The molecule has 0 saturated carbocycles. The number of nitrogens with zero attached hydrogens (tertiary/aromatic N) is 2. The largest absolute Gasteiger partial charge is 0.304 e. The van der Waals surface area contributed by atoms with Gasteiger partial charge in [0.2, 0.25) is 0 Å². The first kappa shape index (κ1) is 14.9. The van der Waals surface area contributed by atoms with Crippen molar-refractivity contribution in [2.45, 2.75) is 26.4 Å². The van der Waals surface area contributed by atoms with E-state index in [2.05, 4.69) is 10.3 Å². The molecule has 0 aliphatic heterocycles. The van der Waals surface area contributed by atoms with E-state index in [1.54, 1.807) is 23.5 Å². The highest BCUT2D eigenvalue weighted by Gasteiger charge is 2.18. The van der Waals surface area contributed by atoms with Gasteiger partial charge in [-0.3, -0.25) is 10.1 Å². The van der Waals surface area contributed by atoms with Crippen molar-refractivity contribution < 1.29 is 4.92 Å². The Morgan fingerprint density at radius 2 is 2.30 bits per heavy atom. The lowest BCUT2D eigenvalue weighted by Gasteiger charge is -2.12. The van der Waals surface area contributed by atoms with Gasteiger partial charge in [0, 0.05) is 23.7 Å². The predicted molar refractivity (Wildman–Crippen MR) is 80.2 cm³/mol. The second kappa shape index (κ2) is 6.30. The molecule has 0 saturated heterocycles. The third-order valence-electron chi connectivity index (χ3n) is 2.88. The maximum Gasteiger partial charge on any atom is 0.275 e. The van der Waals surface area contributed by atoms with Crippen LogP contribution in [0, 0.1) is 17.0 Å². The lowest BCUT2D eigenvalue weighted by Crippen LogP contribution is -2.19. The average molecular weight is 312 g/mol. The molecule has 1 heterocycles. The van der Waals surface area contributed by atoms with Gasteiger partial charge in [-0.1, -0.05) is 17.7 Å². The molecule has 0 amide bonds. The molecule has 0 aliphatic carbocycles. The maximum atomic E-state index is 11.0. The molecule has 2 rings (SSSR count). The molecule has 2 aromatic rings. The third kappa shape index (κ3) is 3.33. The lowest BCUT2D eigenvalue weighted by molar-refractivity contribution is -0.385. The minimum atomic E-state index is -0.416. The minimum absolute atomic E-state index is 0.0181. The Kier molecular flexibility index (Phi) is 4.69. The zero-order valence-corrected chi connectivity index (χ0v) is 12.7. The Morgan fingerprint density at radius 3 is 2.90 bits per heavy atom. The zero-order chi connectivity index (χ0) is 14.7. The average Bonchev–Trinajstić information content (AvgIpc) is 2.83. The summed E-state index contributed by atoms with van der Waals surface area (Å²) in [6, 6.07) is 4.72. The van der Waals surface area contributed by atoms with E-state index in [1.807, 2.05) is 19.2 Å². The molecule has 0 aliphatic rings. The van der Waals surface area contributed by atoms with Gasteiger partial charge >= 0.3 is 0 Å².